The molecule has 1 unspecified atom stereocenters. The second kappa shape index (κ2) is 5.23. The molecule has 1 aromatic heterocycles. The van der Waals surface area contributed by atoms with Crippen molar-refractivity contribution in [2.45, 2.75) is 18.9 Å². The Morgan fingerprint density at radius 2 is 2.17 bits per heavy atom. The molecular formula is C14H18N2O2. The highest BCUT2D eigenvalue weighted by Gasteiger charge is 2.14. The molecule has 0 saturated heterocycles. The van der Waals surface area contributed by atoms with Crippen molar-refractivity contribution in [1.82, 2.24) is 4.57 Å². The van der Waals surface area contributed by atoms with Crippen molar-refractivity contribution in [2.24, 2.45) is 12.8 Å². The van der Waals surface area contributed by atoms with E-state index in [-0.39, 0.29) is 5.97 Å². The molecule has 0 aliphatic heterocycles. The first-order valence-corrected chi connectivity index (χ1v) is 6.00. The lowest BCUT2D eigenvalue weighted by molar-refractivity contribution is -0.142. The second-order valence-corrected chi connectivity index (χ2v) is 4.45. The molecule has 18 heavy (non-hydrogen) atoms. The van der Waals surface area contributed by atoms with Crippen molar-refractivity contribution in [3.05, 3.63) is 36.0 Å². The summed E-state index contributed by atoms with van der Waals surface area (Å²) in [5.74, 6) is -0.352. The molecule has 4 heteroatoms. The number of nitrogens with two attached hydrogens (primary N) is 1. The number of para-hydroxylation sites is 1. The highest BCUT2D eigenvalue weighted by molar-refractivity contribution is 5.84. The maximum atomic E-state index is 11.2. The van der Waals surface area contributed by atoms with E-state index in [1.807, 2.05) is 19.2 Å². The van der Waals surface area contributed by atoms with Gasteiger partial charge in [-0.3, -0.25) is 4.79 Å². The summed E-state index contributed by atoms with van der Waals surface area (Å²) in [6.45, 7) is 0. The molecule has 2 rings (SSSR count). The first kappa shape index (κ1) is 12.6. The number of rotatable bonds is 4. The summed E-state index contributed by atoms with van der Waals surface area (Å²) in [4.78, 5) is 11.2. The van der Waals surface area contributed by atoms with Crippen LogP contribution in [0.2, 0.25) is 0 Å². The lowest BCUT2D eigenvalue weighted by Gasteiger charge is -2.08. The Balaban J connectivity index is 2.15. The van der Waals surface area contributed by atoms with Crippen LogP contribution in [-0.2, 0) is 23.0 Å². The van der Waals surface area contributed by atoms with Crippen LogP contribution in [0.25, 0.3) is 10.9 Å². The van der Waals surface area contributed by atoms with Gasteiger partial charge in [0.25, 0.3) is 0 Å². The number of carbonyl (C=O) groups excluding carboxylic acids is 1. The number of aromatic nitrogens is 1. The predicted molar refractivity (Wildman–Crippen MR) is 71.2 cm³/mol. The van der Waals surface area contributed by atoms with Crippen LogP contribution in [-0.4, -0.2) is 23.7 Å². The molecule has 2 N–H and O–H groups in total. The Morgan fingerprint density at radius 1 is 1.44 bits per heavy atom. The van der Waals surface area contributed by atoms with Gasteiger partial charge in [-0.1, -0.05) is 18.2 Å². The SMILES string of the molecule is COC(=O)C(N)CCc1cn(C)c2ccccc12. The lowest BCUT2D eigenvalue weighted by Crippen LogP contribution is -2.31. The van der Waals surface area contributed by atoms with Crippen LogP contribution in [0, 0.1) is 0 Å². The quantitative estimate of drug-likeness (QED) is 0.834. The largest absolute Gasteiger partial charge is 0.468 e. The van der Waals surface area contributed by atoms with Gasteiger partial charge in [0.1, 0.15) is 6.04 Å². The van der Waals surface area contributed by atoms with Gasteiger partial charge in [-0.05, 0) is 24.5 Å². The molecule has 0 saturated carbocycles. The van der Waals surface area contributed by atoms with Gasteiger partial charge < -0.3 is 15.0 Å². The molecule has 0 aliphatic carbocycles. The first-order valence-electron chi connectivity index (χ1n) is 6.00. The molecule has 1 atom stereocenters. The van der Waals surface area contributed by atoms with Crippen LogP contribution in [0.4, 0.5) is 0 Å². The molecule has 96 valence electrons. The number of methoxy groups -OCH3 is 1. The van der Waals surface area contributed by atoms with Crippen LogP contribution >= 0.6 is 0 Å². The van der Waals surface area contributed by atoms with Crippen molar-refractivity contribution in [1.29, 1.82) is 0 Å². The van der Waals surface area contributed by atoms with Gasteiger partial charge in [-0.25, -0.2) is 0 Å². The number of nitrogens with zero attached hydrogens (tertiary/aromatic N) is 1. The van der Waals surface area contributed by atoms with Crippen LogP contribution < -0.4 is 5.73 Å². The van der Waals surface area contributed by atoms with Gasteiger partial charge in [0.05, 0.1) is 7.11 Å². The molecule has 0 amide bonds. The number of ether oxygens (including phenoxy) is 1. The molecule has 4 nitrogen and oxygen atoms in total. The summed E-state index contributed by atoms with van der Waals surface area (Å²) in [5.41, 5.74) is 8.15. The molecule has 1 heterocycles. The number of fused-ring (bicyclic) bond motifs is 1. The Bertz CT molecular complexity index is 560. The van der Waals surface area contributed by atoms with Gasteiger partial charge in [0, 0.05) is 24.1 Å². The van der Waals surface area contributed by atoms with Crippen molar-refractivity contribution in [3.63, 3.8) is 0 Å². The van der Waals surface area contributed by atoms with Crippen LogP contribution in [0.15, 0.2) is 30.5 Å². The van der Waals surface area contributed by atoms with E-state index in [0.717, 1.165) is 6.42 Å². The van der Waals surface area contributed by atoms with Crippen LogP contribution in [0.1, 0.15) is 12.0 Å². The zero-order chi connectivity index (χ0) is 13.1. The van der Waals surface area contributed by atoms with E-state index < -0.39 is 6.04 Å². The Labute approximate surface area is 106 Å². The third-order valence-electron chi connectivity index (χ3n) is 3.21. The minimum absolute atomic E-state index is 0.352. The standard InChI is InChI=1S/C14H18N2O2/c1-16-9-10(7-8-12(15)14(17)18-2)11-5-3-4-6-13(11)16/h3-6,9,12H,7-8,15H2,1-2H3. The Hall–Kier alpha value is -1.81. The van der Waals surface area contributed by atoms with E-state index in [9.17, 15) is 4.79 Å². The number of aryl methyl sites for hydroxylation is 2. The van der Waals surface area contributed by atoms with Gasteiger partial charge in [0.2, 0.25) is 0 Å². The maximum absolute atomic E-state index is 11.2. The molecule has 0 fully saturated rings. The van der Waals surface area contributed by atoms with E-state index in [0.29, 0.717) is 6.42 Å². The minimum atomic E-state index is -0.547. The van der Waals surface area contributed by atoms with Crippen LogP contribution in [0.3, 0.4) is 0 Å². The maximum Gasteiger partial charge on any atom is 0.322 e. The molecule has 2 aromatic rings. The zero-order valence-corrected chi connectivity index (χ0v) is 10.7. The number of hydrogen-bond acceptors (Lipinski definition) is 3. The van der Waals surface area contributed by atoms with Crippen molar-refractivity contribution >= 4 is 16.9 Å². The van der Waals surface area contributed by atoms with E-state index in [2.05, 4.69) is 27.6 Å². The molecule has 0 bridgehead atoms. The van der Waals surface area contributed by atoms with E-state index >= 15 is 0 Å². The molecule has 0 spiro atoms. The van der Waals surface area contributed by atoms with Crippen LogP contribution in [0.5, 0.6) is 0 Å². The average Bonchev–Trinajstić information content (AvgIpc) is 2.72. The summed E-state index contributed by atoms with van der Waals surface area (Å²) in [6.07, 6.45) is 3.47. The predicted octanol–water partition coefficient (Wildman–Crippen LogP) is 1.61. The monoisotopic (exact) mass is 246 g/mol. The van der Waals surface area contributed by atoms with Gasteiger partial charge >= 0.3 is 5.97 Å². The highest BCUT2D eigenvalue weighted by atomic mass is 16.5. The van der Waals surface area contributed by atoms with E-state index in [1.165, 1.54) is 23.6 Å². The number of esters is 1. The summed E-state index contributed by atoms with van der Waals surface area (Å²) >= 11 is 0. The lowest BCUT2D eigenvalue weighted by atomic mass is 10.1. The fourth-order valence-electron chi connectivity index (χ4n) is 2.21. The smallest absolute Gasteiger partial charge is 0.322 e. The fraction of sp³-hybridized carbons (Fsp3) is 0.357. The summed E-state index contributed by atoms with van der Waals surface area (Å²) < 4.78 is 6.72. The Kier molecular flexibility index (Phi) is 3.67. The van der Waals surface area contributed by atoms with Crippen molar-refractivity contribution in [3.8, 4) is 0 Å². The average molecular weight is 246 g/mol. The van der Waals surface area contributed by atoms with Crippen molar-refractivity contribution in [2.75, 3.05) is 7.11 Å². The van der Waals surface area contributed by atoms with Gasteiger partial charge in [-0.2, -0.15) is 0 Å². The molecule has 0 radical (unpaired) electrons. The highest BCUT2D eigenvalue weighted by Crippen LogP contribution is 2.21. The van der Waals surface area contributed by atoms with Gasteiger partial charge in [0.15, 0.2) is 0 Å². The summed E-state index contributed by atoms with van der Waals surface area (Å²) in [5, 5.41) is 1.22. The summed E-state index contributed by atoms with van der Waals surface area (Å²) in [7, 11) is 3.38. The minimum Gasteiger partial charge on any atom is -0.468 e. The number of carbonyl (C=O) groups is 1. The molecule has 0 aliphatic rings. The number of benzene rings is 1. The summed E-state index contributed by atoms with van der Waals surface area (Å²) in [6, 6.07) is 7.67. The third kappa shape index (κ3) is 2.38. The van der Waals surface area contributed by atoms with Gasteiger partial charge in [-0.15, -0.1) is 0 Å². The molecular weight excluding hydrogens is 228 g/mol. The number of hydrogen-bond donors (Lipinski definition) is 1. The van der Waals surface area contributed by atoms with E-state index in [1.54, 1.807) is 0 Å². The normalized spacial score (nSPS) is 12.6. The fourth-order valence-corrected chi connectivity index (χ4v) is 2.21. The second-order valence-electron chi connectivity index (χ2n) is 4.45. The molecule has 1 aromatic carbocycles. The zero-order valence-electron chi connectivity index (χ0n) is 10.7. The first-order chi connectivity index (χ1) is 8.63. The van der Waals surface area contributed by atoms with Crippen molar-refractivity contribution < 1.29 is 9.53 Å². The Morgan fingerprint density at radius 3 is 2.89 bits per heavy atom. The third-order valence-corrected chi connectivity index (χ3v) is 3.21. The topological polar surface area (TPSA) is 57.2 Å². The van der Waals surface area contributed by atoms with E-state index in [4.69, 9.17) is 5.73 Å².